The molecule has 0 spiro atoms. The van der Waals surface area contributed by atoms with Gasteiger partial charge in [-0.3, -0.25) is 9.59 Å². The molecule has 1 aromatic carbocycles. The van der Waals surface area contributed by atoms with Gasteiger partial charge in [-0.15, -0.1) is 0 Å². The highest BCUT2D eigenvalue weighted by Gasteiger charge is 2.27. The normalized spacial score (nSPS) is 16.3. The van der Waals surface area contributed by atoms with Crippen LogP contribution in [0.5, 0.6) is 5.75 Å². The standard InChI is InChI=1S/C20H30N2O3/c1-14(2)13-17(22-19(23)15-9-5-4-6-10-15)20(24)21-16-11-7-8-12-18(16)25-3/h7-8,11-12,14-15,17H,4-6,9-10,13H2,1-3H3,(H,21,24)(H,22,23)/t17-/m0/s1. The molecule has 138 valence electrons. The largest absolute Gasteiger partial charge is 0.495 e. The van der Waals surface area contributed by atoms with Gasteiger partial charge >= 0.3 is 0 Å². The monoisotopic (exact) mass is 346 g/mol. The fourth-order valence-electron chi connectivity index (χ4n) is 3.33. The number of anilines is 1. The predicted molar refractivity (Wildman–Crippen MR) is 99.6 cm³/mol. The van der Waals surface area contributed by atoms with Crippen molar-refractivity contribution < 1.29 is 14.3 Å². The van der Waals surface area contributed by atoms with E-state index in [2.05, 4.69) is 24.5 Å². The minimum absolute atomic E-state index is 0.0144. The molecule has 1 aromatic rings. The molecule has 0 saturated heterocycles. The van der Waals surface area contributed by atoms with Crippen LogP contribution in [0.25, 0.3) is 0 Å². The van der Waals surface area contributed by atoms with Crippen LogP contribution in [0.4, 0.5) is 5.69 Å². The number of nitrogens with one attached hydrogen (secondary N) is 2. The lowest BCUT2D eigenvalue weighted by molar-refractivity contribution is -0.130. The van der Waals surface area contributed by atoms with Crippen molar-refractivity contribution in [1.82, 2.24) is 5.32 Å². The lowest BCUT2D eigenvalue weighted by Crippen LogP contribution is -2.47. The van der Waals surface area contributed by atoms with Crippen LogP contribution >= 0.6 is 0 Å². The average Bonchev–Trinajstić information content (AvgIpc) is 2.62. The number of ether oxygens (including phenoxy) is 1. The SMILES string of the molecule is COc1ccccc1NC(=O)[C@H](CC(C)C)NC(=O)C1CCCCC1. The van der Waals surface area contributed by atoms with Gasteiger partial charge in [-0.2, -0.15) is 0 Å². The topological polar surface area (TPSA) is 67.4 Å². The Morgan fingerprint density at radius 2 is 1.84 bits per heavy atom. The van der Waals surface area contributed by atoms with Crippen LogP contribution in [0.2, 0.25) is 0 Å². The Hall–Kier alpha value is -2.04. The first-order valence-electron chi connectivity index (χ1n) is 9.25. The molecule has 0 heterocycles. The molecule has 1 saturated carbocycles. The highest BCUT2D eigenvalue weighted by atomic mass is 16.5. The highest BCUT2D eigenvalue weighted by Crippen LogP contribution is 2.25. The van der Waals surface area contributed by atoms with Gasteiger partial charge in [0.15, 0.2) is 0 Å². The Kier molecular flexibility index (Phi) is 7.29. The first kappa shape index (κ1) is 19.3. The van der Waals surface area contributed by atoms with E-state index < -0.39 is 6.04 Å². The maximum Gasteiger partial charge on any atom is 0.247 e. The van der Waals surface area contributed by atoms with Crippen molar-refractivity contribution in [3.8, 4) is 5.75 Å². The number of hydrogen-bond acceptors (Lipinski definition) is 3. The van der Waals surface area contributed by atoms with Gasteiger partial charge in [-0.1, -0.05) is 45.2 Å². The van der Waals surface area contributed by atoms with E-state index in [-0.39, 0.29) is 17.7 Å². The predicted octanol–water partition coefficient (Wildman–Crippen LogP) is 3.74. The maximum absolute atomic E-state index is 12.8. The quantitative estimate of drug-likeness (QED) is 0.790. The van der Waals surface area contributed by atoms with Crippen LogP contribution in [0.1, 0.15) is 52.4 Å². The zero-order valence-corrected chi connectivity index (χ0v) is 15.5. The molecule has 1 aliphatic carbocycles. The van der Waals surface area contributed by atoms with Crippen molar-refractivity contribution in [2.75, 3.05) is 12.4 Å². The smallest absolute Gasteiger partial charge is 0.247 e. The molecule has 2 amide bonds. The van der Waals surface area contributed by atoms with Gasteiger partial charge in [-0.25, -0.2) is 0 Å². The molecule has 25 heavy (non-hydrogen) atoms. The molecule has 0 unspecified atom stereocenters. The summed E-state index contributed by atoms with van der Waals surface area (Å²) in [5, 5.41) is 5.88. The number of carbonyl (C=O) groups excluding carboxylic acids is 2. The van der Waals surface area contributed by atoms with E-state index in [1.54, 1.807) is 19.2 Å². The summed E-state index contributed by atoms with van der Waals surface area (Å²) in [7, 11) is 1.57. The first-order chi connectivity index (χ1) is 12.0. The third kappa shape index (κ3) is 5.76. The van der Waals surface area contributed by atoms with Gasteiger partial charge in [0.2, 0.25) is 11.8 Å². The number of rotatable bonds is 7. The third-order valence-corrected chi connectivity index (χ3v) is 4.68. The van der Waals surface area contributed by atoms with E-state index in [1.807, 2.05) is 12.1 Å². The molecule has 0 aromatic heterocycles. The van der Waals surface area contributed by atoms with E-state index in [0.717, 1.165) is 25.7 Å². The van der Waals surface area contributed by atoms with Crippen LogP contribution < -0.4 is 15.4 Å². The van der Waals surface area contributed by atoms with E-state index in [9.17, 15) is 9.59 Å². The van der Waals surface area contributed by atoms with Crippen LogP contribution in [-0.2, 0) is 9.59 Å². The maximum atomic E-state index is 12.8. The molecular weight excluding hydrogens is 316 g/mol. The molecule has 1 fully saturated rings. The Morgan fingerprint density at radius 3 is 2.48 bits per heavy atom. The Morgan fingerprint density at radius 1 is 1.16 bits per heavy atom. The lowest BCUT2D eigenvalue weighted by atomic mass is 9.88. The number of carbonyl (C=O) groups is 2. The minimum atomic E-state index is -0.528. The molecule has 0 radical (unpaired) electrons. The number of benzene rings is 1. The Balaban J connectivity index is 2.04. The summed E-state index contributed by atoms with van der Waals surface area (Å²) >= 11 is 0. The minimum Gasteiger partial charge on any atom is -0.495 e. The second kappa shape index (κ2) is 9.44. The molecule has 2 N–H and O–H groups in total. The van der Waals surface area contributed by atoms with Gasteiger partial charge in [0.05, 0.1) is 12.8 Å². The number of amides is 2. The molecule has 5 nitrogen and oxygen atoms in total. The van der Waals surface area contributed by atoms with E-state index in [4.69, 9.17) is 4.74 Å². The summed E-state index contributed by atoms with van der Waals surface area (Å²) in [6.45, 7) is 4.10. The summed E-state index contributed by atoms with van der Waals surface area (Å²) in [5.41, 5.74) is 0.621. The summed E-state index contributed by atoms with van der Waals surface area (Å²) in [4.78, 5) is 25.3. The molecule has 5 heteroatoms. The van der Waals surface area contributed by atoms with Gasteiger partial charge in [0.25, 0.3) is 0 Å². The van der Waals surface area contributed by atoms with E-state index >= 15 is 0 Å². The Labute approximate surface area is 150 Å². The van der Waals surface area contributed by atoms with Gasteiger partial charge in [0, 0.05) is 5.92 Å². The fourth-order valence-corrected chi connectivity index (χ4v) is 3.33. The summed E-state index contributed by atoms with van der Waals surface area (Å²) in [6.07, 6.45) is 5.86. The van der Waals surface area contributed by atoms with Gasteiger partial charge in [-0.05, 0) is 37.3 Å². The van der Waals surface area contributed by atoms with Crippen LogP contribution in [-0.4, -0.2) is 25.0 Å². The average molecular weight is 346 g/mol. The molecule has 2 rings (SSSR count). The van der Waals surface area contributed by atoms with Crippen molar-refractivity contribution in [1.29, 1.82) is 0 Å². The van der Waals surface area contributed by atoms with Gasteiger partial charge < -0.3 is 15.4 Å². The molecule has 1 atom stereocenters. The summed E-state index contributed by atoms with van der Waals surface area (Å²) < 4.78 is 5.28. The lowest BCUT2D eigenvalue weighted by Gasteiger charge is -2.25. The molecular formula is C20H30N2O3. The first-order valence-corrected chi connectivity index (χ1v) is 9.25. The number of methoxy groups -OCH3 is 1. The highest BCUT2D eigenvalue weighted by molar-refractivity contribution is 5.98. The van der Waals surface area contributed by atoms with Crippen molar-refractivity contribution in [3.63, 3.8) is 0 Å². The second-order valence-electron chi connectivity index (χ2n) is 7.22. The second-order valence-corrected chi connectivity index (χ2v) is 7.22. The molecule has 0 aliphatic heterocycles. The van der Waals surface area contributed by atoms with Crippen molar-refractivity contribution in [2.45, 2.75) is 58.4 Å². The van der Waals surface area contributed by atoms with Crippen LogP contribution in [0.15, 0.2) is 24.3 Å². The number of para-hydroxylation sites is 2. The Bertz CT molecular complexity index is 580. The molecule has 1 aliphatic rings. The van der Waals surface area contributed by atoms with Gasteiger partial charge in [0.1, 0.15) is 11.8 Å². The summed E-state index contributed by atoms with van der Waals surface area (Å²) in [5.74, 6) is 0.781. The van der Waals surface area contributed by atoms with Crippen LogP contribution in [0.3, 0.4) is 0 Å². The van der Waals surface area contributed by atoms with Crippen molar-refractivity contribution >= 4 is 17.5 Å². The van der Waals surface area contributed by atoms with Crippen molar-refractivity contribution in [3.05, 3.63) is 24.3 Å². The molecule has 0 bridgehead atoms. The van der Waals surface area contributed by atoms with E-state index in [0.29, 0.717) is 23.8 Å². The van der Waals surface area contributed by atoms with Crippen molar-refractivity contribution in [2.24, 2.45) is 11.8 Å². The zero-order valence-electron chi connectivity index (χ0n) is 15.5. The summed E-state index contributed by atoms with van der Waals surface area (Å²) in [6, 6.07) is 6.76. The zero-order chi connectivity index (χ0) is 18.2. The van der Waals surface area contributed by atoms with E-state index in [1.165, 1.54) is 6.42 Å². The number of hydrogen-bond donors (Lipinski definition) is 2. The fraction of sp³-hybridized carbons (Fsp3) is 0.600. The van der Waals surface area contributed by atoms with Crippen LogP contribution in [0, 0.1) is 11.8 Å². The third-order valence-electron chi connectivity index (χ3n) is 4.68.